The molecule has 0 aromatic heterocycles. The lowest BCUT2D eigenvalue weighted by molar-refractivity contribution is -0.113. The van der Waals surface area contributed by atoms with E-state index in [0.29, 0.717) is 5.71 Å². The average molecular weight is 311 g/mol. The number of nitrogens with zero attached hydrogens (tertiary/aromatic N) is 1. The summed E-state index contributed by atoms with van der Waals surface area (Å²) in [5, 5.41) is 0. The van der Waals surface area contributed by atoms with Crippen LogP contribution in [0.4, 0.5) is 0 Å². The minimum atomic E-state index is -0.276. The van der Waals surface area contributed by atoms with Crippen LogP contribution in [0.3, 0.4) is 0 Å². The lowest BCUT2D eigenvalue weighted by atomic mass is 10.0. The second kappa shape index (κ2) is 7.84. The molecule has 3 aromatic carbocycles. The maximum Gasteiger partial charge on any atom is 0.270 e. The molecule has 24 heavy (non-hydrogen) atoms. The third-order valence-corrected chi connectivity index (χ3v) is 3.53. The summed E-state index contributed by atoms with van der Waals surface area (Å²) in [5.41, 5.74) is 3.50. The fourth-order valence-corrected chi connectivity index (χ4v) is 2.37. The van der Waals surface area contributed by atoms with Gasteiger partial charge in [0.2, 0.25) is 0 Å². The molecular weight excluding hydrogens is 294 g/mol. The number of carbonyl (C=O) groups is 1. The molecule has 116 valence electrons. The summed E-state index contributed by atoms with van der Waals surface area (Å²) in [4.78, 5) is 16.6. The molecule has 3 aromatic rings. The topological polar surface area (TPSA) is 29.4 Å². The molecule has 2 heteroatoms. The van der Waals surface area contributed by atoms with Crippen molar-refractivity contribution in [2.75, 3.05) is 0 Å². The first kappa shape index (κ1) is 15.6. The van der Waals surface area contributed by atoms with Crippen LogP contribution < -0.4 is 0 Å². The molecule has 0 atom stereocenters. The number of amides is 1. The van der Waals surface area contributed by atoms with Gasteiger partial charge >= 0.3 is 0 Å². The summed E-state index contributed by atoms with van der Waals surface area (Å²) >= 11 is 0. The highest BCUT2D eigenvalue weighted by atomic mass is 16.1. The number of benzene rings is 3. The first-order valence-electron chi connectivity index (χ1n) is 7.79. The van der Waals surface area contributed by atoms with Crippen molar-refractivity contribution < 1.29 is 4.79 Å². The van der Waals surface area contributed by atoms with Gasteiger partial charge in [0, 0.05) is 17.2 Å². The second-order valence-electron chi connectivity index (χ2n) is 5.27. The summed E-state index contributed by atoms with van der Waals surface area (Å²) in [6.07, 6.45) is 3.28. The van der Waals surface area contributed by atoms with Gasteiger partial charge < -0.3 is 0 Å². The molecular formula is C22H17NO. The fourth-order valence-electron chi connectivity index (χ4n) is 2.37. The van der Waals surface area contributed by atoms with Gasteiger partial charge in [-0.25, -0.2) is 4.99 Å². The van der Waals surface area contributed by atoms with E-state index in [1.54, 1.807) is 6.08 Å². The van der Waals surface area contributed by atoms with E-state index >= 15 is 0 Å². The number of hydrogen-bond donors (Lipinski definition) is 0. The first-order valence-corrected chi connectivity index (χ1v) is 7.79. The second-order valence-corrected chi connectivity index (χ2v) is 5.27. The molecule has 0 saturated heterocycles. The first-order chi connectivity index (χ1) is 11.8. The summed E-state index contributed by atoms with van der Waals surface area (Å²) in [6, 6.07) is 29.2. The Morgan fingerprint density at radius 2 is 1.12 bits per heavy atom. The Hall–Kier alpha value is -3.26. The van der Waals surface area contributed by atoms with E-state index in [1.807, 2.05) is 91.0 Å². The van der Waals surface area contributed by atoms with Gasteiger partial charge in [0.25, 0.3) is 5.91 Å². The molecule has 0 heterocycles. The fraction of sp³-hybridized carbons (Fsp3) is 0. The largest absolute Gasteiger partial charge is 0.270 e. The Labute approximate surface area is 141 Å². The van der Waals surface area contributed by atoms with Gasteiger partial charge in [0.05, 0.1) is 5.71 Å². The Morgan fingerprint density at radius 1 is 0.667 bits per heavy atom. The number of aliphatic imine (C=N–C) groups is 1. The van der Waals surface area contributed by atoms with Crippen LogP contribution in [0, 0.1) is 0 Å². The Bertz CT molecular complexity index is 809. The molecule has 0 aliphatic heterocycles. The van der Waals surface area contributed by atoms with E-state index in [0.717, 1.165) is 16.7 Å². The molecule has 1 amide bonds. The zero-order valence-corrected chi connectivity index (χ0v) is 13.2. The predicted molar refractivity (Wildman–Crippen MR) is 99.0 cm³/mol. The van der Waals surface area contributed by atoms with E-state index in [-0.39, 0.29) is 5.91 Å². The van der Waals surface area contributed by atoms with Crippen molar-refractivity contribution >= 4 is 17.7 Å². The zero-order valence-electron chi connectivity index (χ0n) is 13.2. The molecule has 3 rings (SSSR count). The van der Waals surface area contributed by atoms with Gasteiger partial charge in [-0.1, -0.05) is 91.0 Å². The summed E-state index contributed by atoms with van der Waals surface area (Å²) in [6.45, 7) is 0. The van der Waals surface area contributed by atoms with Crippen molar-refractivity contribution in [3.63, 3.8) is 0 Å². The molecule has 0 spiro atoms. The van der Waals surface area contributed by atoms with Gasteiger partial charge in [-0.15, -0.1) is 0 Å². The van der Waals surface area contributed by atoms with Crippen molar-refractivity contribution in [1.29, 1.82) is 0 Å². The lowest BCUT2D eigenvalue weighted by Gasteiger charge is -2.06. The molecule has 0 aliphatic rings. The number of carbonyl (C=O) groups excluding carboxylic acids is 1. The van der Waals surface area contributed by atoms with Crippen molar-refractivity contribution in [3.05, 3.63) is 114 Å². The highest BCUT2D eigenvalue weighted by Crippen LogP contribution is 2.11. The highest BCUT2D eigenvalue weighted by molar-refractivity contribution is 6.18. The van der Waals surface area contributed by atoms with Crippen LogP contribution in [0.2, 0.25) is 0 Å². The predicted octanol–water partition coefficient (Wildman–Crippen LogP) is 4.76. The minimum absolute atomic E-state index is 0.276. The molecule has 0 saturated carbocycles. The minimum Gasteiger partial charge on any atom is -0.267 e. The van der Waals surface area contributed by atoms with Gasteiger partial charge in [0.15, 0.2) is 0 Å². The Kier molecular flexibility index (Phi) is 5.10. The van der Waals surface area contributed by atoms with Gasteiger partial charge in [-0.05, 0) is 11.6 Å². The summed E-state index contributed by atoms with van der Waals surface area (Å²) in [5.74, 6) is -0.276. The van der Waals surface area contributed by atoms with Crippen LogP contribution in [-0.4, -0.2) is 11.6 Å². The van der Waals surface area contributed by atoms with E-state index in [1.165, 1.54) is 6.08 Å². The zero-order chi connectivity index (χ0) is 16.6. The van der Waals surface area contributed by atoms with Gasteiger partial charge in [0.1, 0.15) is 0 Å². The third-order valence-electron chi connectivity index (χ3n) is 3.53. The normalized spacial score (nSPS) is 10.5. The lowest BCUT2D eigenvalue weighted by Crippen LogP contribution is -2.06. The van der Waals surface area contributed by atoms with Crippen LogP contribution >= 0.6 is 0 Å². The van der Waals surface area contributed by atoms with E-state index in [9.17, 15) is 4.79 Å². The van der Waals surface area contributed by atoms with E-state index < -0.39 is 0 Å². The van der Waals surface area contributed by atoms with Crippen LogP contribution in [0.5, 0.6) is 0 Å². The molecule has 0 aliphatic carbocycles. The maximum absolute atomic E-state index is 12.3. The smallest absolute Gasteiger partial charge is 0.267 e. The van der Waals surface area contributed by atoms with Crippen LogP contribution in [-0.2, 0) is 4.79 Å². The van der Waals surface area contributed by atoms with Crippen molar-refractivity contribution in [2.45, 2.75) is 0 Å². The van der Waals surface area contributed by atoms with Gasteiger partial charge in [-0.3, -0.25) is 4.79 Å². The van der Waals surface area contributed by atoms with E-state index in [4.69, 9.17) is 0 Å². The highest BCUT2D eigenvalue weighted by Gasteiger charge is 2.07. The Morgan fingerprint density at radius 3 is 1.62 bits per heavy atom. The molecule has 0 bridgehead atoms. The quantitative estimate of drug-likeness (QED) is 0.504. The SMILES string of the molecule is O=C(/C=C/c1ccccc1)N=C(c1ccccc1)c1ccccc1. The molecule has 2 nitrogen and oxygen atoms in total. The summed E-state index contributed by atoms with van der Waals surface area (Å²) in [7, 11) is 0. The third kappa shape index (κ3) is 4.14. The van der Waals surface area contributed by atoms with Crippen molar-refractivity contribution in [2.24, 2.45) is 4.99 Å². The monoisotopic (exact) mass is 311 g/mol. The number of hydrogen-bond acceptors (Lipinski definition) is 1. The van der Waals surface area contributed by atoms with Crippen LogP contribution in [0.1, 0.15) is 16.7 Å². The van der Waals surface area contributed by atoms with E-state index in [2.05, 4.69) is 4.99 Å². The average Bonchev–Trinajstić information content (AvgIpc) is 2.67. The van der Waals surface area contributed by atoms with Crippen molar-refractivity contribution in [1.82, 2.24) is 0 Å². The molecule has 0 N–H and O–H groups in total. The molecule has 0 unspecified atom stereocenters. The Balaban J connectivity index is 1.92. The van der Waals surface area contributed by atoms with Gasteiger partial charge in [-0.2, -0.15) is 0 Å². The summed E-state index contributed by atoms with van der Waals surface area (Å²) < 4.78 is 0. The maximum atomic E-state index is 12.3. The van der Waals surface area contributed by atoms with Crippen LogP contribution in [0.25, 0.3) is 6.08 Å². The number of rotatable bonds is 4. The van der Waals surface area contributed by atoms with Crippen LogP contribution in [0.15, 0.2) is 102 Å². The van der Waals surface area contributed by atoms with Crippen molar-refractivity contribution in [3.8, 4) is 0 Å². The molecule has 0 radical (unpaired) electrons. The molecule has 0 fully saturated rings. The standard InChI is InChI=1S/C22H17NO/c24-21(17-16-18-10-4-1-5-11-18)23-22(19-12-6-2-7-13-19)20-14-8-3-9-15-20/h1-17H/b17-16+.